The Labute approximate surface area is 151 Å². The van der Waals surface area contributed by atoms with Crippen molar-refractivity contribution < 1.29 is 23.8 Å². The molecule has 2 aromatic carbocycles. The fourth-order valence-corrected chi connectivity index (χ4v) is 2.43. The van der Waals surface area contributed by atoms with Crippen molar-refractivity contribution in [3.05, 3.63) is 71.1 Å². The summed E-state index contributed by atoms with van der Waals surface area (Å²) in [6.45, 7) is 2.06. The molecule has 1 aromatic heterocycles. The van der Waals surface area contributed by atoms with Crippen LogP contribution < -0.4 is 4.74 Å². The van der Waals surface area contributed by atoms with Crippen LogP contribution in [0.25, 0.3) is 11.5 Å². The first-order valence-corrected chi connectivity index (χ1v) is 8.08. The van der Waals surface area contributed by atoms with Gasteiger partial charge in [0, 0.05) is 5.56 Å². The van der Waals surface area contributed by atoms with Crippen LogP contribution in [-0.2, 0) is 18.0 Å². The summed E-state index contributed by atoms with van der Waals surface area (Å²) in [6, 6.07) is 14.1. The molecule has 6 nitrogen and oxygen atoms in total. The number of aliphatic hydroxyl groups is 1. The zero-order valence-corrected chi connectivity index (χ0v) is 14.6. The largest absolute Gasteiger partial charge is 0.487 e. The summed E-state index contributed by atoms with van der Waals surface area (Å²) in [5, 5.41) is 9.06. The lowest BCUT2D eigenvalue weighted by Gasteiger charge is -2.05. The van der Waals surface area contributed by atoms with Gasteiger partial charge in [0.1, 0.15) is 23.8 Å². The standard InChI is InChI=1S/C20H19NO5/c1-13-18(12-25-17-8-6-14(11-22)7-9-17)21-19(26-13)15-4-3-5-16(10-15)20(23)24-2/h3-10,22H,11-12H2,1-2H3. The third-order valence-electron chi connectivity index (χ3n) is 3.90. The van der Waals surface area contributed by atoms with Gasteiger partial charge in [-0.1, -0.05) is 18.2 Å². The van der Waals surface area contributed by atoms with Gasteiger partial charge in [0.15, 0.2) is 0 Å². The molecule has 0 radical (unpaired) electrons. The average Bonchev–Trinajstić information content (AvgIpc) is 3.07. The van der Waals surface area contributed by atoms with E-state index in [-0.39, 0.29) is 13.2 Å². The number of carbonyl (C=O) groups is 1. The van der Waals surface area contributed by atoms with Crippen molar-refractivity contribution in [1.82, 2.24) is 4.98 Å². The Balaban J connectivity index is 1.75. The average molecular weight is 353 g/mol. The van der Waals surface area contributed by atoms with E-state index in [0.717, 1.165) is 5.56 Å². The number of aromatic nitrogens is 1. The van der Waals surface area contributed by atoms with E-state index in [9.17, 15) is 4.79 Å². The summed E-state index contributed by atoms with van der Waals surface area (Å²) < 4.78 is 16.2. The van der Waals surface area contributed by atoms with Crippen molar-refractivity contribution in [2.45, 2.75) is 20.1 Å². The summed E-state index contributed by atoms with van der Waals surface area (Å²) in [6.07, 6.45) is 0. The van der Waals surface area contributed by atoms with Crippen molar-refractivity contribution in [3.8, 4) is 17.2 Å². The van der Waals surface area contributed by atoms with Gasteiger partial charge in [-0.2, -0.15) is 0 Å². The number of hydrogen-bond donors (Lipinski definition) is 1. The second-order valence-corrected chi connectivity index (χ2v) is 5.69. The molecule has 0 aliphatic carbocycles. The minimum absolute atomic E-state index is 0.00330. The predicted octanol–water partition coefficient (Wildman–Crippen LogP) is 3.51. The number of carbonyl (C=O) groups excluding carboxylic acids is 1. The Bertz CT molecular complexity index is 899. The number of esters is 1. The van der Waals surface area contributed by atoms with Crippen LogP contribution in [0.4, 0.5) is 0 Å². The fraction of sp³-hybridized carbons (Fsp3) is 0.200. The number of rotatable bonds is 6. The number of ether oxygens (including phenoxy) is 2. The Morgan fingerprint density at radius 1 is 1.19 bits per heavy atom. The maximum atomic E-state index is 11.7. The van der Waals surface area contributed by atoms with Gasteiger partial charge in [-0.25, -0.2) is 9.78 Å². The van der Waals surface area contributed by atoms with Crippen LogP contribution in [0, 0.1) is 6.92 Å². The smallest absolute Gasteiger partial charge is 0.337 e. The third-order valence-corrected chi connectivity index (χ3v) is 3.90. The number of aryl methyl sites for hydroxylation is 1. The topological polar surface area (TPSA) is 81.8 Å². The highest BCUT2D eigenvalue weighted by atomic mass is 16.5. The molecule has 134 valence electrons. The number of nitrogens with zero attached hydrogens (tertiary/aromatic N) is 1. The van der Waals surface area contributed by atoms with Gasteiger partial charge in [0.25, 0.3) is 0 Å². The summed E-state index contributed by atoms with van der Waals surface area (Å²) in [7, 11) is 1.34. The van der Waals surface area contributed by atoms with Crippen LogP contribution >= 0.6 is 0 Å². The van der Waals surface area contributed by atoms with Crippen LogP contribution in [0.2, 0.25) is 0 Å². The van der Waals surface area contributed by atoms with E-state index in [0.29, 0.717) is 34.2 Å². The minimum atomic E-state index is -0.412. The Hall–Kier alpha value is -3.12. The SMILES string of the molecule is COC(=O)c1cccc(-c2nc(COc3ccc(CO)cc3)c(C)o2)c1. The zero-order valence-electron chi connectivity index (χ0n) is 14.6. The molecule has 0 aliphatic rings. The molecule has 1 N–H and O–H groups in total. The van der Waals surface area contributed by atoms with E-state index >= 15 is 0 Å². The Kier molecular flexibility index (Phi) is 5.34. The molecule has 1 heterocycles. The predicted molar refractivity (Wildman–Crippen MR) is 94.7 cm³/mol. The zero-order chi connectivity index (χ0) is 18.5. The molecule has 0 spiro atoms. The van der Waals surface area contributed by atoms with Gasteiger partial charge in [-0.05, 0) is 42.8 Å². The van der Waals surface area contributed by atoms with Crippen molar-refractivity contribution >= 4 is 5.97 Å². The van der Waals surface area contributed by atoms with E-state index in [1.54, 1.807) is 42.5 Å². The first-order valence-electron chi connectivity index (χ1n) is 8.08. The fourth-order valence-electron chi connectivity index (χ4n) is 2.43. The highest BCUT2D eigenvalue weighted by Gasteiger charge is 2.14. The van der Waals surface area contributed by atoms with E-state index in [1.165, 1.54) is 7.11 Å². The van der Waals surface area contributed by atoms with Crippen molar-refractivity contribution in [2.75, 3.05) is 7.11 Å². The molecule has 3 rings (SSSR count). The van der Waals surface area contributed by atoms with Gasteiger partial charge in [0.05, 0.1) is 19.3 Å². The molecule has 0 saturated carbocycles. The summed E-state index contributed by atoms with van der Waals surface area (Å²) in [5.41, 5.74) is 2.62. The monoisotopic (exact) mass is 353 g/mol. The lowest BCUT2D eigenvalue weighted by atomic mass is 10.1. The maximum absolute atomic E-state index is 11.7. The molecule has 0 bridgehead atoms. The second kappa shape index (κ2) is 7.84. The molecular weight excluding hydrogens is 334 g/mol. The molecule has 0 amide bonds. The van der Waals surface area contributed by atoms with Crippen LogP contribution in [0.3, 0.4) is 0 Å². The van der Waals surface area contributed by atoms with Gasteiger partial charge < -0.3 is 19.0 Å². The van der Waals surface area contributed by atoms with Crippen LogP contribution in [0.1, 0.15) is 27.4 Å². The molecule has 0 fully saturated rings. The van der Waals surface area contributed by atoms with Gasteiger partial charge in [-0.15, -0.1) is 0 Å². The van der Waals surface area contributed by atoms with Crippen molar-refractivity contribution in [2.24, 2.45) is 0 Å². The highest BCUT2D eigenvalue weighted by molar-refractivity contribution is 5.90. The first-order chi connectivity index (χ1) is 12.6. The Morgan fingerprint density at radius 3 is 2.65 bits per heavy atom. The summed E-state index contributed by atoms with van der Waals surface area (Å²) >= 11 is 0. The molecule has 0 unspecified atom stereocenters. The number of oxazole rings is 1. The van der Waals surface area contributed by atoms with E-state index < -0.39 is 5.97 Å². The van der Waals surface area contributed by atoms with Crippen LogP contribution in [0.15, 0.2) is 52.9 Å². The highest BCUT2D eigenvalue weighted by Crippen LogP contribution is 2.24. The van der Waals surface area contributed by atoms with Crippen LogP contribution in [0.5, 0.6) is 5.75 Å². The van der Waals surface area contributed by atoms with Crippen molar-refractivity contribution in [1.29, 1.82) is 0 Å². The molecule has 0 saturated heterocycles. The van der Waals surface area contributed by atoms with Gasteiger partial charge in [0.2, 0.25) is 5.89 Å². The van der Waals surface area contributed by atoms with E-state index in [2.05, 4.69) is 4.98 Å². The third kappa shape index (κ3) is 3.92. The molecule has 26 heavy (non-hydrogen) atoms. The van der Waals surface area contributed by atoms with Gasteiger partial charge >= 0.3 is 5.97 Å². The quantitative estimate of drug-likeness (QED) is 0.683. The minimum Gasteiger partial charge on any atom is -0.487 e. The molecule has 0 atom stereocenters. The lowest BCUT2D eigenvalue weighted by molar-refractivity contribution is 0.0601. The summed E-state index contributed by atoms with van der Waals surface area (Å²) in [4.78, 5) is 16.1. The van der Waals surface area contributed by atoms with E-state index in [1.807, 2.05) is 13.0 Å². The lowest BCUT2D eigenvalue weighted by Crippen LogP contribution is -2.01. The number of benzene rings is 2. The normalized spacial score (nSPS) is 10.6. The number of methoxy groups -OCH3 is 1. The number of hydrogen-bond acceptors (Lipinski definition) is 6. The molecule has 3 aromatic rings. The molecule has 6 heteroatoms. The van der Waals surface area contributed by atoms with Crippen molar-refractivity contribution in [3.63, 3.8) is 0 Å². The second-order valence-electron chi connectivity index (χ2n) is 5.69. The maximum Gasteiger partial charge on any atom is 0.337 e. The summed E-state index contributed by atoms with van der Waals surface area (Å²) in [5.74, 6) is 1.33. The van der Waals surface area contributed by atoms with Gasteiger partial charge in [-0.3, -0.25) is 0 Å². The van der Waals surface area contributed by atoms with E-state index in [4.69, 9.17) is 19.0 Å². The first kappa shape index (κ1) is 17.7. The molecule has 0 aliphatic heterocycles. The molecular formula is C20H19NO5. The van der Waals surface area contributed by atoms with Crippen LogP contribution in [-0.4, -0.2) is 23.2 Å². The number of aliphatic hydroxyl groups excluding tert-OH is 1. The Morgan fingerprint density at radius 2 is 1.96 bits per heavy atom.